The molecule has 17 heavy (non-hydrogen) atoms. The molecule has 1 N–H and O–H groups in total. The second-order valence-corrected chi connectivity index (χ2v) is 5.13. The first-order chi connectivity index (χ1) is 8.11. The van der Waals surface area contributed by atoms with Crippen LogP contribution >= 0.6 is 0 Å². The van der Waals surface area contributed by atoms with E-state index in [0.717, 1.165) is 19.3 Å². The van der Waals surface area contributed by atoms with Gasteiger partial charge in [0.15, 0.2) is 0 Å². The van der Waals surface area contributed by atoms with Gasteiger partial charge < -0.3 is 9.64 Å². The highest BCUT2D eigenvalue weighted by Gasteiger charge is 2.35. The molecule has 1 aliphatic heterocycles. The van der Waals surface area contributed by atoms with Crippen molar-refractivity contribution in [2.24, 2.45) is 5.92 Å². The van der Waals surface area contributed by atoms with Crippen LogP contribution in [-0.2, 0) is 9.53 Å². The van der Waals surface area contributed by atoms with E-state index in [1.54, 1.807) is 7.11 Å². The third-order valence-electron chi connectivity index (χ3n) is 3.44. The van der Waals surface area contributed by atoms with Crippen molar-refractivity contribution in [1.82, 2.24) is 10.2 Å². The molecule has 0 aliphatic carbocycles. The van der Waals surface area contributed by atoms with E-state index in [-0.39, 0.29) is 18.0 Å². The van der Waals surface area contributed by atoms with Crippen molar-refractivity contribution in [3.63, 3.8) is 0 Å². The summed E-state index contributed by atoms with van der Waals surface area (Å²) in [5, 5.41) is 3.31. The number of nitrogens with zero attached hydrogens (tertiary/aromatic N) is 1. The smallest absolute Gasteiger partial charge is 0.241 e. The molecule has 0 bridgehead atoms. The van der Waals surface area contributed by atoms with Crippen molar-refractivity contribution in [2.75, 3.05) is 20.4 Å². The fourth-order valence-corrected chi connectivity index (χ4v) is 2.30. The molecule has 1 saturated heterocycles. The maximum absolute atomic E-state index is 12.2. The van der Waals surface area contributed by atoms with Gasteiger partial charge in [-0.2, -0.15) is 0 Å². The quantitative estimate of drug-likeness (QED) is 0.737. The van der Waals surface area contributed by atoms with Crippen LogP contribution in [0.5, 0.6) is 0 Å². The maximum atomic E-state index is 12.2. The number of nitrogens with one attached hydrogen (secondary N) is 1. The number of ether oxygens (including phenoxy) is 1. The van der Waals surface area contributed by atoms with Crippen molar-refractivity contribution in [3.05, 3.63) is 0 Å². The van der Waals surface area contributed by atoms with Gasteiger partial charge in [0.2, 0.25) is 5.91 Å². The number of carbonyl (C=O) groups is 1. The molecule has 100 valence electrons. The van der Waals surface area contributed by atoms with Crippen LogP contribution in [0.4, 0.5) is 0 Å². The van der Waals surface area contributed by atoms with Gasteiger partial charge in [-0.1, -0.05) is 33.6 Å². The van der Waals surface area contributed by atoms with E-state index in [1.165, 1.54) is 0 Å². The summed E-state index contributed by atoms with van der Waals surface area (Å²) in [6.07, 6.45) is 3.19. The first-order valence-electron chi connectivity index (χ1n) is 6.64. The zero-order chi connectivity index (χ0) is 12.8. The second kappa shape index (κ2) is 6.97. The molecule has 0 saturated carbocycles. The molecule has 2 atom stereocenters. The fraction of sp³-hybridized carbons (Fsp3) is 0.923. The summed E-state index contributed by atoms with van der Waals surface area (Å²) in [4.78, 5) is 14.2. The highest BCUT2D eigenvalue weighted by Crippen LogP contribution is 2.18. The number of hydrogen-bond acceptors (Lipinski definition) is 3. The first kappa shape index (κ1) is 14.5. The van der Waals surface area contributed by atoms with Gasteiger partial charge in [-0.3, -0.25) is 10.1 Å². The van der Waals surface area contributed by atoms with Gasteiger partial charge in [0.05, 0.1) is 25.4 Å². The number of amides is 1. The average molecular weight is 242 g/mol. The third-order valence-corrected chi connectivity index (χ3v) is 3.44. The zero-order valence-corrected chi connectivity index (χ0v) is 11.5. The lowest BCUT2D eigenvalue weighted by atomic mass is 10.0. The molecule has 0 radical (unpaired) electrons. The molecule has 1 rings (SSSR count). The van der Waals surface area contributed by atoms with E-state index in [4.69, 9.17) is 4.74 Å². The minimum atomic E-state index is 0.0213. The van der Waals surface area contributed by atoms with E-state index < -0.39 is 0 Å². The lowest BCUT2D eigenvalue weighted by Gasteiger charge is -2.30. The highest BCUT2D eigenvalue weighted by atomic mass is 16.5. The van der Waals surface area contributed by atoms with Gasteiger partial charge in [-0.05, 0) is 12.3 Å². The summed E-state index contributed by atoms with van der Waals surface area (Å²) >= 11 is 0. The standard InChI is InChI=1S/C13H26N2O2/c1-5-6-7-11-13(16)15(9-14-11)12(8-17-4)10(2)3/h10-12,14H,5-9H2,1-4H3. The second-order valence-electron chi connectivity index (χ2n) is 5.13. The molecular formula is C13H26N2O2. The molecule has 1 amide bonds. The zero-order valence-electron chi connectivity index (χ0n) is 11.5. The van der Waals surface area contributed by atoms with Crippen molar-refractivity contribution in [3.8, 4) is 0 Å². The number of rotatable bonds is 7. The molecule has 0 spiro atoms. The topological polar surface area (TPSA) is 41.6 Å². The lowest BCUT2D eigenvalue weighted by molar-refractivity contribution is -0.133. The van der Waals surface area contributed by atoms with Gasteiger partial charge in [-0.15, -0.1) is 0 Å². The van der Waals surface area contributed by atoms with Crippen molar-refractivity contribution in [1.29, 1.82) is 0 Å². The molecule has 1 heterocycles. The Morgan fingerprint density at radius 3 is 2.76 bits per heavy atom. The van der Waals surface area contributed by atoms with Crippen LogP contribution in [0.25, 0.3) is 0 Å². The van der Waals surface area contributed by atoms with Gasteiger partial charge in [0.1, 0.15) is 0 Å². The first-order valence-corrected chi connectivity index (χ1v) is 6.64. The van der Waals surface area contributed by atoms with E-state index in [1.807, 2.05) is 4.90 Å². The normalized spacial score (nSPS) is 22.5. The van der Waals surface area contributed by atoms with Gasteiger partial charge in [0.25, 0.3) is 0 Å². The van der Waals surface area contributed by atoms with Crippen LogP contribution in [-0.4, -0.2) is 43.3 Å². The molecular weight excluding hydrogens is 216 g/mol. The minimum absolute atomic E-state index is 0.0213. The summed E-state index contributed by atoms with van der Waals surface area (Å²) in [7, 11) is 1.69. The summed E-state index contributed by atoms with van der Waals surface area (Å²) < 4.78 is 5.22. The molecule has 1 fully saturated rings. The Balaban J connectivity index is 2.57. The Hall–Kier alpha value is -0.610. The molecule has 4 heteroatoms. The molecule has 4 nitrogen and oxygen atoms in total. The lowest BCUT2D eigenvalue weighted by Crippen LogP contribution is -2.44. The molecule has 2 unspecified atom stereocenters. The Bertz CT molecular complexity index is 244. The van der Waals surface area contributed by atoms with Crippen LogP contribution in [0.1, 0.15) is 40.0 Å². The van der Waals surface area contributed by atoms with Gasteiger partial charge in [0, 0.05) is 7.11 Å². The SMILES string of the molecule is CCCCC1NCN(C(COC)C(C)C)C1=O. The summed E-state index contributed by atoms with van der Waals surface area (Å²) in [5.41, 5.74) is 0. The number of carbonyl (C=O) groups excluding carboxylic acids is 1. The largest absolute Gasteiger partial charge is 0.383 e. The Morgan fingerprint density at radius 1 is 1.53 bits per heavy atom. The monoisotopic (exact) mass is 242 g/mol. The van der Waals surface area contributed by atoms with Crippen LogP contribution < -0.4 is 5.32 Å². The fourth-order valence-electron chi connectivity index (χ4n) is 2.30. The van der Waals surface area contributed by atoms with Crippen LogP contribution in [0.15, 0.2) is 0 Å². The third kappa shape index (κ3) is 3.68. The summed E-state index contributed by atoms with van der Waals surface area (Å²) in [5.74, 6) is 0.667. The predicted octanol–water partition coefficient (Wildman–Crippen LogP) is 1.61. The molecule has 0 aromatic heterocycles. The predicted molar refractivity (Wildman–Crippen MR) is 68.7 cm³/mol. The maximum Gasteiger partial charge on any atom is 0.241 e. The van der Waals surface area contributed by atoms with E-state index >= 15 is 0 Å². The summed E-state index contributed by atoms with van der Waals surface area (Å²) in [6, 6.07) is 0.208. The van der Waals surface area contributed by atoms with Gasteiger partial charge >= 0.3 is 0 Å². The Morgan fingerprint density at radius 2 is 2.24 bits per heavy atom. The van der Waals surface area contributed by atoms with Crippen LogP contribution in [0.2, 0.25) is 0 Å². The Labute approximate surface area is 105 Å². The minimum Gasteiger partial charge on any atom is -0.383 e. The van der Waals surface area contributed by atoms with Crippen LogP contribution in [0.3, 0.4) is 0 Å². The van der Waals surface area contributed by atoms with E-state index in [0.29, 0.717) is 19.2 Å². The molecule has 1 aliphatic rings. The van der Waals surface area contributed by atoms with E-state index in [2.05, 4.69) is 26.1 Å². The Kier molecular flexibility index (Phi) is 5.92. The molecule has 0 aromatic carbocycles. The van der Waals surface area contributed by atoms with E-state index in [9.17, 15) is 4.79 Å². The highest BCUT2D eigenvalue weighted by molar-refractivity contribution is 5.84. The number of hydrogen-bond donors (Lipinski definition) is 1. The number of methoxy groups -OCH3 is 1. The van der Waals surface area contributed by atoms with Crippen molar-refractivity contribution < 1.29 is 9.53 Å². The van der Waals surface area contributed by atoms with Crippen molar-refractivity contribution in [2.45, 2.75) is 52.1 Å². The van der Waals surface area contributed by atoms with Crippen molar-refractivity contribution >= 4 is 5.91 Å². The number of unbranched alkanes of at least 4 members (excludes halogenated alkanes) is 1. The average Bonchev–Trinajstić information content (AvgIpc) is 2.64. The molecule has 0 aromatic rings. The van der Waals surface area contributed by atoms with Gasteiger partial charge in [-0.25, -0.2) is 0 Å². The summed E-state index contributed by atoms with van der Waals surface area (Å²) in [6.45, 7) is 7.71. The van der Waals surface area contributed by atoms with Crippen LogP contribution in [0, 0.1) is 5.92 Å².